The van der Waals surface area contributed by atoms with Gasteiger partial charge in [-0.15, -0.1) is 0 Å². The number of aromatic nitrogens is 2. The first-order valence-corrected chi connectivity index (χ1v) is 19.4. The van der Waals surface area contributed by atoms with Gasteiger partial charge in [0.2, 0.25) is 5.91 Å². The van der Waals surface area contributed by atoms with Gasteiger partial charge in [0.25, 0.3) is 11.8 Å². The molecule has 0 radical (unpaired) electrons. The van der Waals surface area contributed by atoms with Crippen molar-refractivity contribution in [2.24, 2.45) is 14.1 Å². The smallest absolute Gasteiger partial charge is 0.416 e. The number of benzene rings is 3. The largest absolute Gasteiger partial charge is 0.493 e. The summed E-state index contributed by atoms with van der Waals surface area (Å²) in [5, 5.41) is 15.1. The Kier molecular flexibility index (Phi) is 11.9. The van der Waals surface area contributed by atoms with Gasteiger partial charge in [-0.3, -0.25) is 14.4 Å². The number of carbonyl (C=O) groups is 5. The van der Waals surface area contributed by atoms with Crippen molar-refractivity contribution in [1.29, 1.82) is 0 Å². The Labute approximate surface area is 346 Å². The van der Waals surface area contributed by atoms with E-state index in [1.807, 2.05) is 31.2 Å². The maximum Gasteiger partial charge on any atom is 0.416 e. The number of carboxylic acids is 1. The molecule has 0 saturated carbocycles. The lowest BCUT2D eigenvalue weighted by molar-refractivity contribution is -0.116. The number of anilines is 3. The fraction of sp³-hybridized carbons (Fsp3) is 0.267. The Balaban J connectivity index is 0.980. The van der Waals surface area contributed by atoms with Gasteiger partial charge in [0.15, 0.2) is 6.23 Å². The van der Waals surface area contributed by atoms with Crippen LogP contribution < -0.4 is 20.3 Å². The summed E-state index contributed by atoms with van der Waals surface area (Å²) in [6, 6.07) is 21.0. The molecule has 0 aliphatic carbocycles. The van der Waals surface area contributed by atoms with Crippen molar-refractivity contribution in [2.45, 2.75) is 45.0 Å². The zero-order valence-electron chi connectivity index (χ0n) is 33.8. The number of nitrogens with zero attached hydrogens (tertiary/aromatic N) is 4. The van der Waals surface area contributed by atoms with Crippen LogP contribution in [0.3, 0.4) is 0 Å². The lowest BCUT2D eigenvalue weighted by Crippen LogP contribution is -2.56. The van der Waals surface area contributed by atoms with Crippen molar-refractivity contribution >= 4 is 46.8 Å². The van der Waals surface area contributed by atoms with Crippen LogP contribution in [0.15, 0.2) is 97.8 Å². The fourth-order valence-electron chi connectivity index (χ4n) is 7.73. The number of aryl methyl sites for hydroxylation is 3. The van der Waals surface area contributed by atoms with Gasteiger partial charge in [-0.25, -0.2) is 14.5 Å². The molecule has 2 aromatic heterocycles. The molecule has 2 aliphatic rings. The first-order valence-electron chi connectivity index (χ1n) is 19.4. The van der Waals surface area contributed by atoms with Crippen LogP contribution in [0.25, 0.3) is 11.1 Å². The molecule has 4 heterocycles. The zero-order valence-corrected chi connectivity index (χ0v) is 33.8. The van der Waals surface area contributed by atoms with E-state index in [2.05, 4.69) is 17.2 Å². The number of ether oxygens (including phenoxy) is 3. The van der Waals surface area contributed by atoms with E-state index < -0.39 is 24.3 Å². The molecular formula is C45H46N6O9. The van der Waals surface area contributed by atoms with E-state index in [-0.39, 0.29) is 43.1 Å². The van der Waals surface area contributed by atoms with Crippen LogP contribution in [0.4, 0.5) is 21.9 Å². The predicted molar refractivity (Wildman–Crippen MR) is 224 cm³/mol. The van der Waals surface area contributed by atoms with Crippen molar-refractivity contribution in [2.75, 3.05) is 35.9 Å². The topological polar surface area (TPSA) is 174 Å². The Morgan fingerprint density at radius 1 is 0.900 bits per heavy atom. The minimum absolute atomic E-state index is 0.0363. The van der Waals surface area contributed by atoms with Crippen LogP contribution in [-0.2, 0) is 41.3 Å². The van der Waals surface area contributed by atoms with E-state index >= 15 is 0 Å². The molecule has 15 heteroatoms. The fourth-order valence-corrected chi connectivity index (χ4v) is 7.73. The van der Waals surface area contributed by atoms with Crippen molar-refractivity contribution in [3.05, 3.63) is 131 Å². The summed E-state index contributed by atoms with van der Waals surface area (Å²) >= 11 is 0. The zero-order chi connectivity index (χ0) is 42.7. The molecule has 2 aliphatic heterocycles. The summed E-state index contributed by atoms with van der Waals surface area (Å²) < 4.78 is 20.8. The molecule has 3 aromatic carbocycles. The molecule has 15 nitrogen and oxygen atoms in total. The van der Waals surface area contributed by atoms with Crippen molar-refractivity contribution in [3.63, 3.8) is 0 Å². The average Bonchev–Trinajstić information content (AvgIpc) is 3.79. The number of rotatable bonds is 13. The lowest BCUT2D eigenvalue weighted by atomic mass is 9.92. The first kappa shape index (κ1) is 41.0. The SMILES string of the molecule is C=CCOC(=O)N1c2cc(OCCCC(=O)Nc3cc(C(=O)Nc4ccc(-c5cc(C(=O)O)n(C)c5)cc4)n(C)c3)c(C)cc2C(=O)N2Cc3ccccc3C[C@H]2C1OC. The normalized spacial score (nSPS) is 15.6. The van der Waals surface area contributed by atoms with E-state index in [0.717, 1.165) is 22.3 Å². The van der Waals surface area contributed by atoms with E-state index in [1.54, 1.807) is 84.5 Å². The number of fused-ring (bicyclic) bond motifs is 3. The predicted octanol–water partition coefficient (Wildman–Crippen LogP) is 6.77. The van der Waals surface area contributed by atoms with Gasteiger partial charge in [0.1, 0.15) is 23.7 Å². The molecule has 0 bridgehead atoms. The number of hydrogen-bond donors (Lipinski definition) is 3. The molecule has 0 spiro atoms. The maximum atomic E-state index is 14.2. The van der Waals surface area contributed by atoms with Crippen molar-refractivity contribution < 1.29 is 43.3 Å². The third-order valence-corrected chi connectivity index (χ3v) is 10.7. The van der Waals surface area contributed by atoms with E-state index in [4.69, 9.17) is 14.2 Å². The number of carboxylic acid groups (broad SMARTS) is 1. The Morgan fingerprint density at radius 3 is 2.33 bits per heavy atom. The van der Waals surface area contributed by atoms with Gasteiger partial charge >= 0.3 is 12.1 Å². The molecule has 310 valence electrons. The first-order chi connectivity index (χ1) is 28.9. The number of hydrogen-bond acceptors (Lipinski definition) is 8. The van der Waals surface area contributed by atoms with E-state index in [1.165, 1.54) is 22.7 Å². The monoisotopic (exact) mass is 814 g/mol. The third kappa shape index (κ3) is 8.38. The van der Waals surface area contributed by atoms with Crippen LogP contribution in [0.2, 0.25) is 0 Å². The standard InChI is InChI=1S/C45H46N6O9/c1-6-17-60-45(57)51-35-23-39(27(2)19-34(35)42(54)50-25-30-11-8-7-10-29(30)20-37(50)43(51)58-5)59-18-9-12-40(52)46-33-22-36(49(4)26-33)41(53)47-32-15-13-28(14-16-32)31-21-38(44(55)56)48(3)24-31/h6-8,10-11,13-16,19,21-24,26,37,43H,1,9,12,17-18,20,25H2,2-5H3,(H,46,52)(H,47,53)(H,55,56)/t37-,43?/m0/s1. The second kappa shape index (κ2) is 17.4. The maximum absolute atomic E-state index is 14.2. The van der Waals surface area contributed by atoms with E-state index in [0.29, 0.717) is 59.0 Å². The summed E-state index contributed by atoms with van der Waals surface area (Å²) in [6.07, 6.45) is 4.22. The number of amides is 4. The number of carbonyl (C=O) groups excluding carboxylic acids is 4. The second-order valence-corrected chi connectivity index (χ2v) is 14.8. The number of methoxy groups -OCH3 is 1. The highest BCUT2D eigenvalue weighted by Crippen LogP contribution is 2.40. The summed E-state index contributed by atoms with van der Waals surface area (Å²) in [7, 11) is 4.87. The van der Waals surface area contributed by atoms with Gasteiger partial charge in [0.05, 0.1) is 29.6 Å². The molecule has 3 N–H and O–H groups in total. The Hall–Kier alpha value is -7.13. The molecule has 4 amide bonds. The summed E-state index contributed by atoms with van der Waals surface area (Å²) in [4.78, 5) is 68.7. The average molecular weight is 815 g/mol. The van der Waals surface area contributed by atoms with Gasteiger partial charge < -0.3 is 44.0 Å². The highest BCUT2D eigenvalue weighted by molar-refractivity contribution is 6.06. The van der Waals surface area contributed by atoms with Crippen LogP contribution in [0, 0.1) is 6.92 Å². The highest BCUT2D eigenvalue weighted by Gasteiger charge is 2.46. The second-order valence-electron chi connectivity index (χ2n) is 14.8. The van der Waals surface area contributed by atoms with Gasteiger partial charge in [-0.1, -0.05) is 49.1 Å². The molecule has 5 aromatic rings. The van der Waals surface area contributed by atoms with Gasteiger partial charge in [0, 0.05) is 63.9 Å². The van der Waals surface area contributed by atoms with Crippen molar-refractivity contribution in [1.82, 2.24) is 14.0 Å². The summed E-state index contributed by atoms with van der Waals surface area (Å²) in [5.41, 5.74) is 6.40. The lowest BCUT2D eigenvalue weighted by Gasteiger charge is -2.41. The van der Waals surface area contributed by atoms with Crippen LogP contribution in [-0.4, -0.2) is 81.5 Å². The molecule has 1 unspecified atom stereocenters. The summed E-state index contributed by atoms with van der Waals surface area (Å²) in [6.45, 7) is 5.96. The molecule has 2 atom stereocenters. The van der Waals surface area contributed by atoms with Gasteiger partial charge in [-0.2, -0.15) is 0 Å². The van der Waals surface area contributed by atoms with Crippen LogP contribution >= 0.6 is 0 Å². The minimum Gasteiger partial charge on any atom is -0.493 e. The van der Waals surface area contributed by atoms with E-state index in [9.17, 15) is 29.1 Å². The van der Waals surface area contributed by atoms with Crippen LogP contribution in [0.5, 0.6) is 5.75 Å². The minimum atomic E-state index is -1.02. The summed E-state index contributed by atoms with van der Waals surface area (Å²) in [5.74, 6) is -1.48. The molecule has 60 heavy (non-hydrogen) atoms. The molecular weight excluding hydrogens is 769 g/mol. The Morgan fingerprint density at radius 2 is 1.63 bits per heavy atom. The molecule has 0 saturated heterocycles. The number of nitrogens with one attached hydrogen (secondary N) is 2. The highest BCUT2D eigenvalue weighted by atomic mass is 16.6. The van der Waals surface area contributed by atoms with Crippen molar-refractivity contribution in [3.8, 4) is 16.9 Å². The molecule has 7 rings (SSSR count). The quantitative estimate of drug-likeness (QED) is 0.0857. The Bertz CT molecular complexity index is 2490. The third-order valence-electron chi connectivity index (χ3n) is 10.7. The van der Waals surface area contributed by atoms with Gasteiger partial charge in [-0.05, 0) is 72.4 Å². The molecule has 0 fully saturated rings. The van der Waals surface area contributed by atoms with Crippen LogP contribution in [0.1, 0.15) is 60.9 Å². The number of aromatic carboxylic acids is 1.